The molecule has 0 aliphatic heterocycles. The average molecular weight is 283 g/mol. The first-order valence-corrected chi connectivity index (χ1v) is 6.33. The Kier molecular flexibility index (Phi) is 7.00. The van der Waals surface area contributed by atoms with Gasteiger partial charge in [0, 0.05) is 12.8 Å². The predicted molar refractivity (Wildman–Crippen MR) is 70.8 cm³/mol. The quantitative estimate of drug-likeness (QED) is 0.515. The van der Waals surface area contributed by atoms with Gasteiger partial charge in [-0.15, -0.1) is 0 Å². The van der Waals surface area contributed by atoms with Gasteiger partial charge in [-0.1, -0.05) is 30.3 Å². The molecule has 0 aromatic heterocycles. The lowest BCUT2D eigenvalue weighted by molar-refractivity contribution is -0.139. The number of Topliss-reactive ketones (excluding diaryl/α,β-unsaturated/α-hetero) is 2. The van der Waals surface area contributed by atoms with E-state index in [0.717, 1.165) is 5.56 Å². The Balaban J connectivity index is 2.20. The van der Waals surface area contributed by atoms with Crippen LogP contribution in [0, 0.1) is 0 Å². The molecule has 0 bridgehead atoms. The first-order chi connectivity index (χ1) is 9.09. The van der Waals surface area contributed by atoms with E-state index in [1.54, 1.807) is 0 Å². The van der Waals surface area contributed by atoms with Crippen molar-refractivity contribution in [2.75, 3.05) is 6.61 Å². The molecule has 0 radical (unpaired) electrons. The van der Waals surface area contributed by atoms with Gasteiger partial charge in [-0.05, 0) is 23.6 Å². The Morgan fingerprint density at radius 3 is 2.32 bits per heavy atom. The van der Waals surface area contributed by atoms with Crippen molar-refractivity contribution >= 4 is 28.4 Å². The summed E-state index contributed by atoms with van der Waals surface area (Å²) in [5.74, 6) is -1.09. The molecule has 0 fully saturated rings. The van der Waals surface area contributed by atoms with Gasteiger partial charge < -0.3 is 4.74 Å². The van der Waals surface area contributed by atoms with E-state index in [-0.39, 0.29) is 19.4 Å². The van der Waals surface area contributed by atoms with Crippen molar-refractivity contribution in [3.8, 4) is 0 Å². The van der Waals surface area contributed by atoms with E-state index >= 15 is 0 Å². The minimum absolute atomic E-state index is 0.0337. The van der Waals surface area contributed by atoms with Crippen molar-refractivity contribution in [3.05, 3.63) is 35.9 Å². The molecule has 1 aromatic carbocycles. The minimum Gasteiger partial charge on any atom is -0.368 e. The number of hydrogen-bond acceptors (Lipinski definition) is 4. The van der Waals surface area contributed by atoms with E-state index in [1.807, 2.05) is 30.3 Å². The topological polar surface area (TPSA) is 60.4 Å². The van der Waals surface area contributed by atoms with Crippen molar-refractivity contribution in [3.63, 3.8) is 0 Å². The second-order valence-electron chi connectivity index (χ2n) is 4.03. The molecule has 0 amide bonds. The number of hydrogen-bond donors (Lipinski definition) is 0. The zero-order valence-corrected chi connectivity index (χ0v) is 11.2. The number of ether oxygens (including phenoxy) is 1. The fourth-order valence-electron chi connectivity index (χ4n) is 1.44. The zero-order valence-electron chi connectivity index (χ0n) is 10.4. The van der Waals surface area contributed by atoms with Gasteiger partial charge in [-0.3, -0.25) is 14.4 Å². The molecule has 0 heterocycles. The van der Waals surface area contributed by atoms with Crippen LogP contribution in [-0.2, 0) is 25.7 Å². The van der Waals surface area contributed by atoms with E-state index < -0.39 is 16.8 Å². The van der Waals surface area contributed by atoms with Crippen LogP contribution in [0.3, 0.4) is 0 Å². The molecule has 0 spiro atoms. The third kappa shape index (κ3) is 6.84. The third-order valence-corrected chi connectivity index (χ3v) is 2.62. The molecule has 0 atom stereocenters. The van der Waals surface area contributed by atoms with Gasteiger partial charge in [0.05, 0.1) is 6.61 Å². The lowest BCUT2D eigenvalue weighted by atomic mass is 10.1. The molecule has 5 heteroatoms. The number of halogens is 1. The summed E-state index contributed by atoms with van der Waals surface area (Å²) in [7, 11) is 0. The second-order valence-corrected chi connectivity index (χ2v) is 4.45. The number of carbonyl (C=O) groups is 3. The molecule has 1 aromatic rings. The SMILES string of the molecule is O=C(Cl)CCCC(=O)C(=O)COCc1ccccc1. The molecule has 0 saturated heterocycles. The Hall–Kier alpha value is -1.52. The molecule has 0 N–H and O–H groups in total. The van der Waals surface area contributed by atoms with Gasteiger partial charge in [0.2, 0.25) is 16.8 Å². The summed E-state index contributed by atoms with van der Waals surface area (Å²) in [4.78, 5) is 33.3. The maximum absolute atomic E-state index is 11.4. The first kappa shape index (κ1) is 15.5. The van der Waals surface area contributed by atoms with Crippen molar-refractivity contribution in [1.82, 2.24) is 0 Å². The van der Waals surface area contributed by atoms with Crippen LogP contribution in [0.4, 0.5) is 0 Å². The summed E-state index contributed by atoms with van der Waals surface area (Å²) < 4.78 is 5.17. The summed E-state index contributed by atoms with van der Waals surface area (Å²) in [5, 5.41) is -0.499. The average Bonchev–Trinajstić information content (AvgIpc) is 2.39. The van der Waals surface area contributed by atoms with Gasteiger partial charge in [0.1, 0.15) is 6.61 Å². The van der Waals surface area contributed by atoms with Crippen molar-refractivity contribution in [2.45, 2.75) is 25.9 Å². The van der Waals surface area contributed by atoms with Gasteiger partial charge in [-0.25, -0.2) is 0 Å². The normalized spacial score (nSPS) is 10.2. The number of rotatable bonds is 9. The molecule has 1 rings (SSSR count). The molecule has 0 unspecified atom stereocenters. The first-order valence-electron chi connectivity index (χ1n) is 5.95. The zero-order chi connectivity index (χ0) is 14.1. The van der Waals surface area contributed by atoms with E-state index in [4.69, 9.17) is 16.3 Å². The van der Waals surface area contributed by atoms with Gasteiger partial charge in [0.15, 0.2) is 0 Å². The molecule has 0 aliphatic carbocycles. The van der Waals surface area contributed by atoms with E-state index in [1.165, 1.54) is 0 Å². The second kappa shape index (κ2) is 8.56. The lowest BCUT2D eigenvalue weighted by Crippen LogP contribution is -2.19. The maximum Gasteiger partial charge on any atom is 0.223 e. The smallest absolute Gasteiger partial charge is 0.223 e. The Morgan fingerprint density at radius 1 is 1.00 bits per heavy atom. The van der Waals surface area contributed by atoms with Crippen LogP contribution in [0.2, 0.25) is 0 Å². The maximum atomic E-state index is 11.4. The van der Waals surface area contributed by atoms with Crippen LogP contribution in [-0.4, -0.2) is 23.4 Å². The number of benzene rings is 1. The fourth-order valence-corrected chi connectivity index (χ4v) is 1.58. The monoisotopic (exact) mass is 282 g/mol. The third-order valence-electron chi connectivity index (χ3n) is 2.43. The number of ketones is 2. The van der Waals surface area contributed by atoms with E-state index in [2.05, 4.69) is 0 Å². The molecular formula is C14H15ClO4. The van der Waals surface area contributed by atoms with Crippen LogP contribution in [0.5, 0.6) is 0 Å². The van der Waals surface area contributed by atoms with Gasteiger partial charge in [0.25, 0.3) is 0 Å². The highest BCUT2D eigenvalue weighted by Crippen LogP contribution is 2.03. The van der Waals surface area contributed by atoms with Gasteiger partial charge in [-0.2, -0.15) is 0 Å². The molecule has 4 nitrogen and oxygen atoms in total. The van der Waals surface area contributed by atoms with Gasteiger partial charge >= 0.3 is 0 Å². The molecule has 19 heavy (non-hydrogen) atoms. The largest absolute Gasteiger partial charge is 0.368 e. The Morgan fingerprint density at radius 2 is 1.68 bits per heavy atom. The summed E-state index contributed by atoms with van der Waals surface area (Å²) >= 11 is 5.13. The molecular weight excluding hydrogens is 268 g/mol. The van der Waals surface area contributed by atoms with Crippen LogP contribution in [0.25, 0.3) is 0 Å². The van der Waals surface area contributed by atoms with Crippen molar-refractivity contribution < 1.29 is 19.1 Å². The lowest BCUT2D eigenvalue weighted by Gasteiger charge is -2.03. The van der Waals surface area contributed by atoms with Crippen molar-refractivity contribution in [2.24, 2.45) is 0 Å². The van der Waals surface area contributed by atoms with Crippen LogP contribution < -0.4 is 0 Å². The minimum atomic E-state index is -0.571. The molecule has 0 saturated carbocycles. The van der Waals surface area contributed by atoms with Crippen LogP contribution >= 0.6 is 11.6 Å². The fraction of sp³-hybridized carbons (Fsp3) is 0.357. The standard InChI is InChI=1S/C14H15ClO4/c15-14(18)8-4-7-12(16)13(17)10-19-9-11-5-2-1-3-6-11/h1-3,5-6H,4,7-10H2. The Labute approximate surface area is 116 Å². The van der Waals surface area contributed by atoms with E-state index in [0.29, 0.717) is 13.0 Å². The highest BCUT2D eigenvalue weighted by molar-refractivity contribution is 6.63. The number of carbonyl (C=O) groups excluding carboxylic acids is 3. The van der Waals surface area contributed by atoms with Crippen molar-refractivity contribution in [1.29, 1.82) is 0 Å². The summed E-state index contributed by atoms with van der Waals surface area (Å²) in [6.07, 6.45) is 0.434. The summed E-state index contributed by atoms with van der Waals surface area (Å²) in [5.41, 5.74) is 0.940. The van der Waals surface area contributed by atoms with E-state index in [9.17, 15) is 14.4 Å². The summed E-state index contributed by atoms with van der Waals surface area (Å²) in [6, 6.07) is 9.37. The predicted octanol–water partition coefficient (Wildman–Crippen LogP) is 2.28. The van der Waals surface area contributed by atoms with Crippen LogP contribution in [0.1, 0.15) is 24.8 Å². The summed E-state index contributed by atoms with van der Waals surface area (Å²) in [6.45, 7) is 0.0581. The molecule has 0 aliphatic rings. The Bertz CT molecular complexity index is 442. The highest BCUT2D eigenvalue weighted by atomic mass is 35.5. The highest BCUT2D eigenvalue weighted by Gasteiger charge is 2.13. The van der Waals surface area contributed by atoms with Crippen LogP contribution in [0.15, 0.2) is 30.3 Å². The molecule has 102 valence electrons.